The molecule has 0 fully saturated rings. The molecule has 0 saturated heterocycles. The number of nitrogens with zero attached hydrogens (tertiary/aromatic N) is 2. The molecule has 1 aromatic heterocycles. The fraction of sp³-hybridized carbons (Fsp3) is 0.455. The number of halogens is 1. The van der Waals surface area contributed by atoms with E-state index in [0.717, 1.165) is 0 Å². The quantitative estimate of drug-likeness (QED) is 0.813. The second kappa shape index (κ2) is 5.57. The number of furan rings is 1. The topological polar surface area (TPSA) is 57.2 Å². The first-order valence-electron chi connectivity index (χ1n) is 5.02. The zero-order chi connectivity index (χ0) is 12.1. The molecule has 0 aliphatic heterocycles. The van der Waals surface area contributed by atoms with Crippen LogP contribution in [0.1, 0.15) is 24.2 Å². The van der Waals surface area contributed by atoms with E-state index in [-0.39, 0.29) is 17.0 Å². The number of hydrogen-bond acceptors (Lipinski definition) is 3. The lowest BCUT2D eigenvalue weighted by Gasteiger charge is -2.21. The number of nitriles is 1. The van der Waals surface area contributed by atoms with Crippen LogP contribution in [0, 0.1) is 17.2 Å². The molecular formula is C11H13ClN2O2. The van der Waals surface area contributed by atoms with E-state index in [9.17, 15) is 4.79 Å². The average Bonchev–Trinajstić information content (AvgIpc) is 2.71. The third kappa shape index (κ3) is 2.77. The highest BCUT2D eigenvalue weighted by molar-refractivity contribution is 6.32. The molecule has 4 nitrogen and oxygen atoms in total. The lowest BCUT2D eigenvalue weighted by atomic mass is 10.2. The standard InChI is InChI=1S/C11H13ClN2O2/c1-3-14(7-8(2)6-13)11(15)9-4-5-16-10(9)12/h4-5,8H,3,7H2,1-2H3. The Labute approximate surface area is 99.4 Å². The van der Waals surface area contributed by atoms with E-state index in [0.29, 0.717) is 18.7 Å². The van der Waals surface area contributed by atoms with E-state index in [1.165, 1.54) is 12.3 Å². The summed E-state index contributed by atoms with van der Waals surface area (Å²) in [5.41, 5.74) is 0.341. The van der Waals surface area contributed by atoms with Crippen LogP contribution in [0.5, 0.6) is 0 Å². The van der Waals surface area contributed by atoms with Crippen LogP contribution in [0.4, 0.5) is 0 Å². The Hall–Kier alpha value is -1.47. The monoisotopic (exact) mass is 240 g/mol. The molecule has 1 aromatic rings. The van der Waals surface area contributed by atoms with E-state index in [2.05, 4.69) is 6.07 Å². The number of carbonyl (C=O) groups is 1. The number of hydrogen-bond donors (Lipinski definition) is 0. The summed E-state index contributed by atoms with van der Waals surface area (Å²) in [6.45, 7) is 4.56. The number of rotatable bonds is 4. The molecule has 0 aliphatic carbocycles. The van der Waals surface area contributed by atoms with Crippen LogP contribution in [-0.2, 0) is 0 Å². The Balaban J connectivity index is 2.79. The molecule has 86 valence electrons. The van der Waals surface area contributed by atoms with E-state index >= 15 is 0 Å². The zero-order valence-electron chi connectivity index (χ0n) is 9.24. The van der Waals surface area contributed by atoms with Gasteiger partial charge in [0, 0.05) is 13.1 Å². The van der Waals surface area contributed by atoms with Gasteiger partial charge in [-0.15, -0.1) is 0 Å². The highest BCUT2D eigenvalue weighted by Gasteiger charge is 2.20. The predicted molar refractivity (Wildman–Crippen MR) is 60.1 cm³/mol. The lowest BCUT2D eigenvalue weighted by molar-refractivity contribution is 0.0752. The first kappa shape index (κ1) is 12.6. The van der Waals surface area contributed by atoms with Crippen LogP contribution in [0.3, 0.4) is 0 Å². The van der Waals surface area contributed by atoms with Crippen molar-refractivity contribution < 1.29 is 9.21 Å². The van der Waals surface area contributed by atoms with Crippen LogP contribution in [0.2, 0.25) is 5.22 Å². The van der Waals surface area contributed by atoms with Crippen LogP contribution >= 0.6 is 11.6 Å². The number of carbonyl (C=O) groups excluding carboxylic acids is 1. The van der Waals surface area contributed by atoms with Gasteiger partial charge in [-0.1, -0.05) is 0 Å². The van der Waals surface area contributed by atoms with Crippen molar-refractivity contribution >= 4 is 17.5 Å². The van der Waals surface area contributed by atoms with Crippen molar-refractivity contribution in [3.05, 3.63) is 23.1 Å². The fourth-order valence-corrected chi connectivity index (χ4v) is 1.54. The molecule has 5 heteroatoms. The van der Waals surface area contributed by atoms with Gasteiger partial charge in [0.2, 0.25) is 5.22 Å². The minimum atomic E-state index is -0.205. The van der Waals surface area contributed by atoms with Gasteiger partial charge in [-0.3, -0.25) is 4.79 Å². The summed E-state index contributed by atoms with van der Waals surface area (Å²) in [5.74, 6) is -0.405. The number of amides is 1. The fourth-order valence-electron chi connectivity index (χ4n) is 1.34. The summed E-state index contributed by atoms with van der Waals surface area (Å²) in [6.07, 6.45) is 1.37. The van der Waals surface area contributed by atoms with Crippen LogP contribution in [0.15, 0.2) is 16.7 Å². The molecule has 16 heavy (non-hydrogen) atoms. The SMILES string of the molecule is CCN(CC(C)C#N)C(=O)c1ccoc1Cl. The summed E-state index contributed by atoms with van der Waals surface area (Å²) in [5, 5.41) is 8.80. The highest BCUT2D eigenvalue weighted by atomic mass is 35.5. The van der Waals surface area contributed by atoms with Crippen LogP contribution < -0.4 is 0 Å². The molecule has 0 radical (unpaired) electrons. The van der Waals surface area contributed by atoms with E-state index in [1.54, 1.807) is 11.8 Å². The van der Waals surface area contributed by atoms with E-state index in [1.807, 2.05) is 6.92 Å². The average molecular weight is 241 g/mol. The van der Waals surface area contributed by atoms with Gasteiger partial charge in [0.1, 0.15) is 0 Å². The van der Waals surface area contributed by atoms with E-state index < -0.39 is 0 Å². The first-order chi connectivity index (χ1) is 7.60. The predicted octanol–water partition coefficient (Wildman–Crippen LogP) is 2.55. The molecule has 1 rings (SSSR count). The van der Waals surface area contributed by atoms with Crippen LogP contribution in [-0.4, -0.2) is 23.9 Å². The normalized spacial score (nSPS) is 11.9. The molecular weight excluding hydrogens is 228 g/mol. The Morgan fingerprint density at radius 2 is 2.44 bits per heavy atom. The van der Waals surface area contributed by atoms with Gasteiger partial charge in [-0.2, -0.15) is 5.26 Å². The second-order valence-corrected chi connectivity index (χ2v) is 3.83. The zero-order valence-corrected chi connectivity index (χ0v) is 9.99. The summed E-state index contributed by atoms with van der Waals surface area (Å²) in [7, 11) is 0. The van der Waals surface area contributed by atoms with Crippen molar-refractivity contribution in [2.45, 2.75) is 13.8 Å². The minimum Gasteiger partial charge on any atom is -0.452 e. The van der Waals surface area contributed by atoms with Gasteiger partial charge in [-0.25, -0.2) is 0 Å². The lowest BCUT2D eigenvalue weighted by Crippen LogP contribution is -2.34. The van der Waals surface area contributed by atoms with Crippen LogP contribution in [0.25, 0.3) is 0 Å². The largest absolute Gasteiger partial charge is 0.452 e. The molecule has 0 aromatic carbocycles. The molecule has 1 heterocycles. The van der Waals surface area contributed by atoms with Gasteiger partial charge in [0.05, 0.1) is 23.8 Å². The molecule has 1 atom stereocenters. The van der Waals surface area contributed by atoms with Gasteiger partial charge in [0.25, 0.3) is 5.91 Å². The van der Waals surface area contributed by atoms with Crippen molar-refractivity contribution in [3.63, 3.8) is 0 Å². The van der Waals surface area contributed by atoms with Gasteiger partial charge >= 0.3 is 0 Å². The molecule has 0 aliphatic rings. The van der Waals surface area contributed by atoms with E-state index in [4.69, 9.17) is 21.3 Å². The van der Waals surface area contributed by atoms with Crippen molar-refractivity contribution in [3.8, 4) is 6.07 Å². The molecule has 0 N–H and O–H groups in total. The maximum absolute atomic E-state index is 12.0. The van der Waals surface area contributed by atoms with Crippen molar-refractivity contribution in [2.75, 3.05) is 13.1 Å². The van der Waals surface area contributed by atoms with Crippen molar-refractivity contribution in [1.29, 1.82) is 5.26 Å². The second-order valence-electron chi connectivity index (χ2n) is 3.48. The summed E-state index contributed by atoms with van der Waals surface area (Å²) < 4.78 is 4.86. The maximum Gasteiger partial charge on any atom is 0.258 e. The summed E-state index contributed by atoms with van der Waals surface area (Å²) >= 11 is 5.73. The Morgan fingerprint density at radius 1 is 1.75 bits per heavy atom. The molecule has 0 saturated carbocycles. The molecule has 0 bridgehead atoms. The van der Waals surface area contributed by atoms with Gasteiger partial charge in [0.15, 0.2) is 0 Å². The van der Waals surface area contributed by atoms with Gasteiger partial charge < -0.3 is 9.32 Å². The van der Waals surface area contributed by atoms with Crippen molar-refractivity contribution in [2.24, 2.45) is 5.92 Å². The third-order valence-corrected chi connectivity index (χ3v) is 2.52. The third-order valence-electron chi connectivity index (χ3n) is 2.23. The first-order valence-corrected chi connectivity index (χ1v) is 5.39. The Kier molecular flexibility index (Phi) is 4.39. The Morgan fingerprint density at radius 3 is 2.88 bits per heavy atom. The highest BCUT2D eigenvalue weighted by Crippen LogP contribution is 2.19. The van der Waals surface area contributed by atoms with Gasteiger partial charge in [-0.05, 0) is 31.5 Å². The molecule has 0 spiro atoms. The smallest absolute Gasteiger partial charge is 0.258 e. The maximum atomic E-state index is 12.0. The molecule has 1 amide bonds. The molecule has 1 unspecified atom stereocenters. The van der Waals surface area contributed by atoms with Crippen molar-refractivity contribution in [1.82, 2.24) is 4.90 Å². The Bertz CT molecular complexity index is 408. The summed E-state index contributed by atoms with van der Waals surface area (Å²) in [4.78, 5) is 13.6. The summed E-state index contributed by atoms with van der Waals surface area (Å²) in [6, 6.07) is 3.63. The minimum absolute atomic E-state index is 0.0908.